The van der Waals surface area contributed by atoms with Crippen molar-refractivity contribution in [3.8, 4) is 0 Å². The molecule has 7 heteroatoms. The van der Waals surface area contributed by atoms with E-state index in [0.29, 0.717) is 5.78 Å². The number of aromatic nitrogens is 4. The van der Waals surface area contributed by atoms with Crippen molar-refractivity contribution in [2.24, 2.45) is 0 Å². The molecule has 0 aliphatic carbocycles. The van der Waals surface area contributed by atoms with E-state index in [4.69, 9.17) is 10.1 Å². The zero-order valence-electron chi connectivity index (χ0n) is 13.8. The molecule has 0 amide bonds. The molecule has 0 aliphatic heterocycles. The lowest BCUT2D eigenvalue weighted by atomic mass is 10.4. The van der Waals surface area contributed by atoms with E-state index >= 15 is 0 Å². The second-order valence-electron chi connectivity index (χ2n) is 7.34. The summed E-state index contributed by atoms with van der Waals surface area (Å²) in [4.78, 5) is 9.20. The number of nitrogens with zero attached hydrogens (tertiary/aromatic N) is 5. The second-order valence-corrected chi connectivity index (χ2v) is 17.4. The van der Waals surface area contributed by atoms with Crippen LogP contribution in [0.1, 0.15) is 11.4 Å². The van der Waals surface area contributed by atoms with E-state index in [1.807, 2.05) is 24.4 Å². The average molecular weight is 308 g/mol. The molecular weight excluding hydrogens is 282 g/mol. The van der Waals surface area contributed by atoms with Gasteiger partial charge in [0.2, 0.25) is 5.95 Å². The zero-order valence-corrected chi connectivity index (χ0v) is 15.8. The molecule has 2 rings (SSSR count). The van der Waals surface area contributed by atoms with Crippen LogP contribution < -0.4 is 4.23 Å². The molecule has 0 unspecified atom stereocenters. The third-order valence-electron chi connectivity index (χ3n) is 3.15. The van der Waals surface area contributed by atoms with E-state index in [0.717, 1.165) is 17.3 Å². The molecule has 20 heavy (non-hydrogen) atoms. The Bertz CT molecular complexity index is 622. The topological polar surface area (TPSA) is 46.3 Å². The Kier molecular flexibility index (Phi) is 3.54. The summed E-state index contributed by atoms with van der Waals surface area (Å²) in [6.45, 7) is 18.1. The summed E-state index contributed by atoms with van der Waals surface area (Å²) in [7, 11) is -3.06. The average Bonchev–Trinajstić information content (AvgIpc) is 2.55. The van der Waals surface area contributed by atoms with Gasteiger partial charge in [0.25, 0.3) is 5.78 Å². The summed E-state index contributed by atoms with van der Waals surface area (Å²) in [5.74, 6) is 1.56. The normalized spacial score (nSPS) is 13.0. The van der Waals surface area contributed by atoms with Crippen molar-refractivity contribution in [3.63, 3.8) is 0 Å². The van der Waals surface area contributed by atoms with Crippen LogP contribution >= 0.6 is 0 Å². The second kappa shape index (κ2) is 4.66. The van der Waals surface area contributed by atoms with Gasteiger partial charge in [-0.3, -0.25) is 0 Å². The fourth-order valence-electron chi connectivity index (χ4n) is 2.86. The lowest BCUT2D eigenvalue weighted by molar-refractivity contribution is 0.884. The van der Waals surface area contributed by atoms with Crippen LogP contribution in [0.25, 0.3) is 5.78 Å². The van der Waals surface area contributed by atoms with Gasteiger partial charge < -0.3 is 4.23 Å². The monoisotopic (exact) mass is 307 g/mol. The first kappa shape index (κ1) is 15.2. The number of hydrogen-bond donors (Lipinski definition) is 0. The summed E-state index contributed by atoms with van der Waals surface area (Å²) in [6.07, 6.45) is 0. The van der Waals surface area contributed by atoms with E-state index in [-0.39, 0.29) is 0 Å². The van der Waals surface area contributed by atoms with Crippen LogP contribution in [0.15, 0.2) is 6.07 Å². The SMILES string of the molecule is Cc1cc(C)n2nc(N([Si](C)(C)C)[Si](C)(C)C)nc2n1. The van der Waals surface area contributed by atoms with Gasteiger partial charge in [-0.2, -0.15) is 9.50 Å². The Balaban J connectivity index is 2.64. The molecule has 0 radical (unpaired) electrons. The Labute approximate surface area is 123 Å². The van der Waals surface area contributed by atoms with Gasteiger partial charge in [-0.1, -0.05) is 39.3 Å². The number of fused-ring (bicyclic) bond motifs is 1. The smallest absolute Gasteiger partial charge is 0.254 e. The summed E-state index contributed by atoms with van der Waals surface area (Å²) >= 11 is 0. The van der Waals surface area contributed by atoms with Crippen LogP contribution in [0.3, 0.4) is 0 Å². The third-order valence-corrected chi connectivity index (χ3v) is 10.3. The van der Waals surface area contributed by atoms with Crippen molar-refractivity contribution < 1.29 is 0 Å². The maximum atomic E-state index is 4.73. The molecule has 0 atom stereocenters. The van der Waals surface area contributed by atoms with E-state index < -0.39 is 16.5 Å². The minimum atomic E-state index is -1.53. The van der Waals surface area contributed by atoms with Crippen molar-refractivity contribution >= 4 is 28.2 Å². The Morgan fingerprint density at radius 1 is 0.950 bits per heavy atom. The summed E-state index contributed by atoms with van der Waals surface area (Å²) in [6, 6.07) is 2.04. The minimum absolute atomic E-state index is 0.707. The molecule has 5 nitrogen and oxygen atoms in total. The molecule has 110 valence electrons. The minimum Gasteiger partial charge on any atom is -0.393 e. The maximum absolute atomic E-state index is 4.73. The summed E-state index contributed by atoms with van der Waals surface area (Å²) in [5, 5.41) is 4.73. The van der Waals surface area contributed by atoms with Crippen molar-refractivity contribution in [2.45, 2.75) is 53.1 Å². The highest BCUT2D eigenvalue weighted by molar-refractivity contribution is 6.99. The number of rotatable bonds is 3. The third kappa shape index (κ3) is 2.78. The molecule has 0 spiro atoms. The van der Waals surface area contributed by atoms with Gasteiger partial charge in [0.15, 0.2) is 0 Å². The summed E-state index contributed by atoms with van der Waals surface area (Å²) < 4.78 is 4.37. The molecule has 2 heterocycles. The van der Waals surface area contributed by atoms with E-state index in [1.165, 1.54) is 0 Å². The van der Waals surface area contributed by atoms with E-state index in [1.54, 1.807) is 0 Å². The maximum Gasteiger partial charge on any atom is 0.254 e. The Morgan fingerprint density at radius 3 is 2.00 bits per heavy atom. The molecule has 0 fully saturated rings. The highest BCUT2D eigenvalue weighted by Crippen LogP contribution is 2.25. The van der Waals surface area contributed by atoms with Crippen LogP contribution in [0.2, 0.25) is 39.3 Å². The highest BCUT2D eigenvalue weighted by Gasteiger charge is 2.37. The van der Waals surface area contributed by atoms with Gasteiger partial charge in [-0.25, -0.2) is 4.98 Å². The Morgan fingerprint density at radius 2 is 1.50 bits per heavy atom. The Hall–Kier alpha value is -1.22. The quantitative estimate of drug-likeness (QED) is 0.817. The molecular formula is C13H25N5Si2. The van der Waals surface area contributed by atoms with Crippen LogP contribution in [0.5, 0.6) is 0 Å². The van der Waals surface area contributed by atoms with Crippen LogP contribution in [0.4, 0.5) is 5.95 Å². The van der Waals surface area contributed by atoms with Gasteiger partial charge in [0.05, 0.1) is 0 Å². The fourth-order valence-corrected chi connectivity index (χ4v) is 12.3. The van der Waals surface area contributed by atoms with Gasteiger partial charge in [-0.05, 0) is 19.9 Å². The number of anilines is 1. The van der Waals surface area contributed by atoms with Crippen LogP contribution in [-0.4, -0.2) is 36.1 Å². The first-order valence-corrected chi connectivity index (χ1v) is 13.9. The molecule has 2 aromatic heterocycles. The fraction of sp³-hybridized carbons (Fsp3) is 0.615. The van der Waals surface area contributed by atoms with Gasteiger partial charge in [0, 0.05) is 11.4 Å². The van der Waals surface area contributed by atoms with Crippen LogP contribution in [0, 0.1) is 13.8 Å². The largest absolute Gasteiger partial charge is 0.393 e. The lowest BCUT2D eigenvalue weighted by Crippen LogP contribution is -2.60. The first-order chi connectivity index (χ1) is 9.00. The predicted molar refractivity (Wildman–Crippen MR) is 89.4 cm³/mol. The van der Waals surface area contributed by atoms with Crippen molar-refractivity contribution in [1.29, 1.82) is 0 Å². The van der Waals surface area contributed by atoms with Gasteiger partial charge in [-0.15, -0.1) is 5.10 Å². The predicted octanol–water partition coefficient (Wildman–Crippen LogP) is 3.22. The molecule has 0 bridgehead atoms. The van der Waals surface area contributed by atoms with Crippen molar-refractivity contribution in [1.82, 2.24) is 19.6 Å². The molecule has 0 saturated heterocycles. The number of hydrogen-bond acceptors (Lipinski definition) is 4. The number of aryl methyl sites for hydroxylation is 2. The van der Waals surface area contributed by atoms with Crippen LogP contribution in [-0.2, 0) is 0 Å². The molecule has 0 saturated carbocycles. The highest BCUT2D eigenvalue weighted by atomic mass is 28.4. The molecule has 2 aromatic rings. The van der Waals surface area contributed by atoms with Crippen molar-refractivity contribution in [2.75, 3.05) is 4.23 Å². The van der Waals surface area contributed by atoms with E-state index in [2.05, 4.69) is 48.5 Å². The summed E-state index contributed by atoms with van der Waals surface area (Å²) in [5.41, 5.74) is 2.07. The molecule has 0 aliphatic rings. The molecule has 0 aromatic carbocycles. The van der Waals surface area contributed by atoms with Gasteiger partial charge >= 0.3 is 0 Å². The van der Waals surface area contributed by atoms with Gasteiger partial charge in [0.1, 0.15) is 16.5 Å². The lowest BCUT2D eigenvalue weighted by Gasteiger charge is -2.42. The first-order valence-electron chi connectivity index (χ1n) is 7.01. The van der Waals surface area contributed by atoms with Crippen molar-refractivity contribution in [3.05, 3.63) is 17.5 Å². The van der Waals surface area contributed by atoms with E-state index in [9.17, 15) is 0 Å². The zero-order chi connectivity index (χ0) is 15.3. The molecule has 0 N–H and O–H groups in total. The standard InChI is InChI=1S/C13H25N5Si2/c1-10-9-11(2)17-12(14-10)15-13(16-17)18(19(3,4)5)20(6,7)8/h9H,1-8H3.